The van der Waals surface area contributed by atoms with E-state index in [9.17, 15) is 9.59 Å². The van der Waals surface area contributed by atoms with Gasteiger partial charge < -0.3 is 19.6 Å². The summed E-state index contributed by atoms with van der Waals surface area (Å²) in [7, 11) is 3.02. The number of rotatable bonds is 8. The third kappa shape index (κ3) is 5.25. The van der Waals surface area contributed by atoms with Crippen molar-refractivity contribution >= 4 is 23.5 Å². The molecule has 0 aliphatic carbocycles. The molecule has 0 aliphatic heterocycles. The van der Waals surface area contributed by atoms with Gasteiger partial charge >= 0.3 is 5.97 Å². The first kappa shape index (κ1) is 18.9. The highest BCUT2D eigenvalue weighted by molar-refractivity contribution is 6.06. The molecule has 1 rings (SSSR count). The van der Waals surface area contributed by atoms with Crippen LogP contribution in [-0.2, 0) is 14.3 Å². The average Bonchev–Trinajstić information content (AvgIpc) is 2.57. The van der Waals surface area contributed by atoms with E-state index in [4.69, 9.17) is 24.9 Å². The molecule has 0 radical (unpaired) electrons. The summed E-state index contributed by atoms with van der Waals surface area (Å²) >= 11 is 0. The zero-order chi connectivity index (χ0) is 18.1. The van der Waals surface area contributed by atoms with Gasteiger partial charge in [0.25, 0.3) is 0 Å². The van der Waals surface area contributed by atoms with E-state index in [1.807, 2.05) is 0 Å². The fourth-order valence-corrected chi connectivity index (χ4v) is 1.80. The van der Waals surface area contributed by atoms with Gasteiger partial charge in [-0.1, -0.05) is 6.07 Å². The average molecular weight is 330 g/mol. The Morgan fingerprint density at radius 3 is 2.50 bits per heavy atom. The number of nitrogens with zero attached hydrogens (tertiary/aromatic N) is 1. The van der Waals surface area contributed by atoms with Crippen LogP contribution in [0.25, 0.3) is 6.08 Å². The van der Waals surface area contributed by atoms with E-state index in [0.717, 1.165) is 6.08 Å². The second kappa shape index (κ2) is 9.10. The molecule has 0 aliphatic rings. The normalized spacial score (nSPS) is 11.4. The lowest BCUT2D eigenvalue weighted by molar-refractivity contribution is -0.143. The number of Topliss-reactive ketones (excluding diaryl/α,β-unsaturated/α-hetero) is 1. The van der Waals surface area contributed by atoms with Gasteiger partial charge in [-0.3, -0.25) is 4.79 Å². The molecule has 0 saturated heterocycles. The first-order valence-electron chi connectivity index (χ1n) is 6.97. The number of nitrogens with one attached hydrogen (secondary N) is 1. The summed E-state index contributed by atoms with van der Waals surface area (Å²) in [6.45, 7) is 0.800. The lowest BCUT2D eigenvalue weighted by Crippen LogP contribution is -2.25. The number of esters is 1. The lowest BCUT2D eigenvalue weighted by Gasteiger charge is -2.07. The fraction of sp³-hybridized carbons (Fsp3) is 0.294. The van der Waals surface area contributed by atoms with Gasteiger partial charge in [0.1, 0.15) is 5.92 Å². The van der Waals surface area contributed by atoms with Gasteiger partial charge in [-0.05, 0) is 30.7 Å². The number of hydrogen-bond acceptors (Lipinski definition) is 7. The maximum absolute atomic E-state index is 11.7. The molecule has 1 atom stereocenters. The van der Waals surface area contributed by atoms with Crippen LogP contribution in [0.1, 0.15) is 12.5 Å². The second-order valence-corrected chi connectivity index (χ2v) is 4.77. The summed E-state index contributed by atoms with van der Waals surface area (Å²) in [5.41, 5.74) is 0.598. The third-order valence-electron chi connectivity index (χ3n) is 3.06. The molecule has 0 heterocycles. The van der Waals surface area contributed by atoms with Gasteiger partial charge in [0.2, 0.25) is 0 Å². The van der Waals surface area contributed by atoms with Gasteiger partial charge in [0.05, 0.1) is 20.3 Å². The summed E-state index contributed by atoms with van der Waals surface area (Å²) in [4.78, 5) is 23.3. The van der Waals surface area contributed by atoms with Crippen molar-refractivity contribution in [3.05, 3.63) is 29.8 Å². The Labute approximate surface area is 139 Å². The monoisotopic (exact) mass is 330 g/mol. The number of benzene rings is 1. The Balaban J connectivity index is 2.65. The van der Waals surface area contributed by atoms with Crippen molar-refractivity contribution in [1.29, 1.82) is 10.7 Å². The van der Waals surface area contributed by atoms with Crippen molar-refractivity contribution < 1.29 is 23.8 Å². The van der Waals surface area contributed by atoms with Crippen LogP contribution in [0.5, 0.6) is 11.5 Å². The van der Waals surface area contributed by atoms with Gasteiger partial charge in [-0.2, -0.15) is 5.26 Å². The minimum atomic E-state index is -1.19. The van der Waals surface area contributed by atoms with Crippen molar-refractivity contribution in [2.45, 2.75) is 6.92 Å². The van der Waals surface area contributed by atoms with Crippen LogP contribution in [0.15, 0.2) is 24.3 Å². The molecule has 7 heteroatoms. The standard InChI is InChI=1S/C17H18N2O5/c1-11(19)13(9-18)14(20)10-24-17(21)7-5-12-4-6-15(22-2)16(8-12)23-3/h4-8,13,19H,10H2,1-3H3/b7-5+,19-11?. The lowest BCUT2D eigenvalue weighted by atomic mass is 10.0. The molecule has 0 fully saturated rings. The van der Waals surface area contributed by atoms with Crippen LogP contribution in [0.3, 0.4) is 0 Å². The molecule has 24 heavy (non-hydrogen) atoms. The van der Waals surface area contributed by atoms with Crippen molar-refractivity contribution in [3.8, 4) is 17.6 Å². The number of carbonyl (C=O) groups is 2. The number of ether oxygens (including phenoxy) is 3. The van der Waals surface area contributed by atoms with Gasteiger partial charge in [-0.25, -0.2) is 4.79 Å². The van der Waals surface area contributed by atoms with E-state index in [0.29, 0.717) is 17.1 Å². The zero-order valence-corrected chi connectivity index (χ0v) is 13.7. The van der Waals surface area contributed by atoms with E-state index in [1.54, 1.807) is 24.3 Å². The van der Waals surface area contributed by atoms with Crippen molar-refractivity contribution in [3.63, 3.8) is 0 Å². The summed E-state index contributed by atoms with van der Waals surface area (Å²) in [5.74, 6) is -1.46. The third-order valence-corrected chi connectivity index (χ3v) is 3.06. The Hall–Kier alpha value is -3.14. The molecule has 0 spiro atoms. The smallest absolute Gasteiger partial charge is 0.331 e. The molecule has 0 amide bonds. The number of ketones is 1. The topological polar surface area (TPSA) is 109 Å². The molecule has 0 aromatic heterocycles. The minimum absolute atomic E-state index is 0.0839. The Morgan fingerprint density at radius 1 is 1.29 bits per heavy atom. The number of methoxy groups -OCH3 is 2. The summed E-state index contributed by atoms with van der Waals surface area (Å²) in [6, 6.07) is 6.79. The SMILES string of the molecule is COc1ccc(/C=C/C(=O)OCC(=O)C(C#N)C(C)=N)cc1OC. The van der Waals surface area contributed by atoms with Crippen LogP contribution < -0.4 is 9.47 Å². The largest absolute Gasteiger partial charge is 0.493 e. The molecule has 1 aromatic carbocycles. The molecular formula is C17H18N2O5. The molecule has 0 bridgehead atoms. The highest BCUT2D eigenvalue weighted by Crippen LogP contribution is 2.27. The van der Waals surface area contributed by atoms with Gasteiger partial charge in [-0.15, -0.1) is 0 Å². The van der Waals surface area contributed by atoms with Gasteiger partial charge in [0, 0.05) is 11.8 Å². The van der Waals surface area contributed by atoms with Crippen molar-refractivity contribution in [1.82, 2.24) is 0 Å². The molecule has 1 N–H and O–H groups in total. The molecule has 7 nitrogen and oxygen atoms in total. The molecule has 126 valence electrons. The highest BCUT2D eigenvalue weighted by atomic mass is 16.5. The number of carbonyl (C=O) groups excluding carboxylic acids is 2. The van der Waals surface area contributed by atoms with Crippen LogP contribution in [0.4, 0.5) is 0 Å². The predicted octanol–water partition coefficient (Wildman–Crippen LogP) is 2.01. The predicted molar refractivity (Wildman–Crippen MR) is 87.0 cm³/mol. The van der Waals surface area contributed by atoms with Gasteiger partial charge in [0.15, 0.2) is 23.9 Å². The molecule has 1 unspecified atom stereocenters. The van der Waals surface area contributed by atoms with E-state index < -0.39 is 24.3 Å². The summed E-state index contributed by atoms with van der Waals surface area (Å²) in [6.07, 6.45) is 2.66. The number of hydrogen-bond donors (Lipinski definition) is 1. The number of nitriles is 1. The van der Waals surface area contributed by atoms with Crippen LogP contribution in [0, 0.1) is 22.7 Å². The van der Waals surface area contributed by atoms with Crippen LogP contribution >= 0.6 is 0 Å². The van der Waals surface area contributed by atoms with Crippen molar-refractivity contribution in [2.24, 2.45) is 5.92 Å². The summed E-state index contributed by atoms with van der Waals surface area (Å²) < 4.78 is 15.0. The molecule has 1 aromatic rings. The first-order chi connectivity index (χ1) is 11.4. The second-order valence-electron chi connectivity index (χ2n) is 4.77. The summed E-state index contributed by atoms with van der Waals surface area (Å²) in [5, 5.41) is 16.1. The first-order valence-corrected chi connectivity index (χ1v) is 6.97. The Bertz CT molecular complexity index is 703. The van der Waals surface area contributed by atoms with Crippen molar-refractivity contribution in [2.75, 3.05) is 20.8 Å². The fourth-order valence-electron chi connectivity index (χ4n) is 1.80. The van der Waals surface area contributed by atoms with Crippen LogP contribution in [0.2, 0.25) is 0 Å². The minimum Gasteiger partial charge on any atom is -0.493 e. The van der Waals surface area contributed by atoms with E-state index in [1.165, 1.54) is 27.2 Å². The quantitative estimate of drug-likeness (QED) is 0.443. The molecular weight excluding hydrogens is 312 g/mol. The highest BCUT2D eigenvalue weighted by Gasteiger charge is 2.20. The van der Waals surface area contributed by atoms with E-state index in [-0.39, 0.29) is 5.71 Å². The maximum atomic E-state index is 11.7. The van der Waals surface area contributed by atoms with E-state index in [2.05, 4.69) is 0 Å². The van der Waals surface area contributed by atoms with Crippen LogP contribution in [-0.4, -0.2) is 38.3 Å². The Kier molecular flexibility index (Phi) is 7.17. The Morgan fingerprint density at radius 2 is 1.96 bits per heavy atom. The van der Waals surface area contributed by atoms with E-state index >= 15 is 0 Å². The molecule has 0 saturated carbocycles. The maximum Gasteiger partial charge on any atom is 0.331 e. The zero-order valence-electron chi connectivity index (χ0n) is 13.7.